The summed E-state index contributed by atoms with van der Waals surface area (Å²) in [5, 5.41) is 7.96. The van der Waals surface area contributed by atoms with Gasteiger partial charge in [-0.1, -0.05) is 6.07 Å². The Bertz CT molecular complexity index is 870. The van der Waals surface area contributed by atoms with Gasteiger partial charge in [0, 0.05) is 12.1 Å². The fourth-order valence-electron chi connectivity index (χ4n) is 2.57. The summed E-state index contributed by atoms with van der Waals surface area (Å²) in [4.78, 5) is 25.6. The molecule has 3 rings (SSSR count). The Labute approximate surface area is 149 Å². The SMILES string of the molecule is N#Cc1ccc(C(=O)N(CC2CC2)c2cccc(C(=O)Cl)c2F)cc1. The first-order valence-corrected chi connectivity index (χ1v) is 8.19. The monoisotopic (exact) mass is 356 g/mol. The summed E-state index contributed by atoms with van der Waals surface area (Å²) in [6, 6.07) is 12.4. The minimum atomic E-state index is -0.906. The predicted octanol–water partition coefficient (Wildman–Crippen LogP) is 4.13. The number of hydrogen-bond acceptors (Lipinski definition) is 3. The van der Waals surface area contributed by atoms with Crippen molar-refractivity contribution in [1.82, 2.24) is 0 Å². The summed E-state index contributed by atoms with van der Waals surface area (Å²) in [5.74, 6) is -0.864. The molecule has 0 heterocycles. The van der Waals surface area contributed by atoms with E-state index in [2.05, 4.69) is 0 Å². The van der Waals surface area contributed by atoms with Crippen LogP contribution in [0, 0.1) is 23.1 Å². The molecular weight excluding hydrogens is 343 g/mol. The molecular formula is C19H14ClFN2O2. The Morgan fingerprint density at radius 3 is 2.44 bits per heavy atom. The standard InChI is InChI=1S/C19H14ClFN2O2/c20-18(24)15-2-1-3-16(17(15)21)23(11-13-4-5-13)19(25)14-8-6-12(10-22)7-9-14/h1-3,6-9,13H,4-5,11H2. The van der Waals surface area contributed by atoms with Crippen molar-refractivity contribution >= 4 is 28.4 Å². The number of nitriles is 1. The van der Waals surface area contributed by atoms with Crippen LogP contribution in [-0.4, -0.2) is 17.7 Å². The number of benzene rings is 2. The number of halogens is 2. The van der Waals surface area contributed by atoms with Gasteiger partial charge in [0.15, 0.2) is 5.82 Å². The minimum absolute atomic E-state index is 0.0350. The van der Waals surface area contributed by atoms with Crippen molar-refractivity contribution in [1.29, 1.82) is 5.26 Å². The van der Waals surface area contributed by atoms with Crippen molar-refractivity contribution in [2.24, 2.45) is 5.92 Å². The van der Waals surface area contributed by atoms with Crippen LogP contribution in [0.1, 0.15) is 39.1 Å². The van der Waals surface area contributed by atoms with Gasteiger partial charge in [0.25, 0.3) is 11.1 Å². The third-order valence-electron chi connectivity index (χ3n) is 4.12. The summed E-state index contributed by atoms with van der Waals surface area (Å²) >= 11 is 5.42. The third-order valence-corrected chi connectivity index (χ3v) is 4.33. The van der Waals surface area contributed by atoms with Crippen LogP contribution in [0.3, 0.4) is 0 Å². The van der Waals surface area contributed by atoms with Crippen molar-refractivity contribution in [3.63, 3.8) is 0 Å². The Kier molecular flexibility index (Phi) is 4.82. The van der Waals surface area contributed by atoms with Crippen LogP contribution in [-0.2, 0) is 0 Å². The molecule has 0 radical (unpaired) electrons. The molecule has 1 fully saturated rings. The lowest BCUT2D eigenvalue weighted by molar-refractivity contribution is 0.0983. The summed E-state index contributed by atoms with van der Waals surface area (Å²) in [6.45, 7) is 0.371. The van der Waals surface area contributed by atoms with Gasteiger partial charge in [-0.15, -0.1) is 0 Å². The second-order valence-electron chi connectivity index (χ2n) is 5.96. The Morgan fingerprint density at radius 2 is 1.88 bits per heavy atom. The first-order chi connectivity index (χ1) is 12.0. The third kappa shape index (κ3) is 3.70. The van der Waals surface area contributed by atoms with E-state index in [1.54, 1.807) is 0 Å². The number of carbonyl (C=O) groups is 2. The van der Waals surface area contributed by atoms with E-state index >= 15 is 0 Å². The van der Waals surface area contributed by atoms with E-state index in [4.69, 9.17) is 16.9 Å². The molecule has 2 aromatic rings. The molecule has 0 unspecified atom stereocenters. The highest BCUT2D eigenvalue weighted by Gasteiger charge is 2.30. The van der Waals surface area contributed by atoms with Crippen molar-refractivity contribution in [2.45, 2.75) is 12.8 Å². The van der Waals surface area contributed by atoms with Gasteiger partial charge in [-0.3, -0.25) is 9.59 Å². The molecule has 0 bridgehead atoms. The number of nitrogens with zero attached hydrogens (tertiary/aromatic N) is 2. The number of rotatable bonds is 5. The maximum absolute atomic E-state index is 14.7. The molecule has 1 saturated carbocycles. The van der Waals surface area contributed by atoms with Gasteiger partial charge in [-0.2, -0.15) is 5.26 Å². The second kappa shape index (κ2) is 7.04. The van der Waals surface area contributed by atoms with Gasteiger partial charge in [0.05, 0.1) is 22.9 Å². The molecule has 2 aromatic carbocycles. The average molecular weight is 357 g/mol. The lowest BCUT2D eigenvalue weighted by atomic mass is 10.1. The maximum Gasteiger partial charge on any atom is 0.258 e. The average Bonchev–Trinajstić information content (AvgIpc) is 3.43. The fraction of sp³-hybridized carbons (Fsp3) is 0.211. The normalized spacial score (nSPS) is 13.2. The van der Waals surface area contributed by atoms with E-state index in [0.717, 1.165) is 12.8 Å². The highest BCUT2D eigenvalue weighted by atomic mass is 35.5. The first kappa shape index (κ1) is 17.1. The molecule has 1 aliphatic rings. The Hall–Kier alpha value is -2.71. The quantitative estimate of drug-likeness (QED) is 0.756. The summed E-state index contributed by atoms with van der Waals surface area (Å²) in [5.41, 5.74) is 0.563. The first-order valence-electron chi connectivity index (χ1n) is 7.81. The lowest BCUT2D eigenvalue weighted by Gasteiger charge is -2.24. The van der Waals surface area contributed by atoms with Gasteiger partial charge >= 0.3 is 0 Å². The molecule has 25 heavy (non-hydrogen) atoms. The van der Waals surface area contributed by atoms with Crippen molar-refractivity contribution < 1.29 is 14.0 Å². The number of anilines is 1. The van der Waals surface area contributed by atoms with E-state index in [-0.39, 0.29) is 17.2 Å². The van der Waals surface area contributed by atoms with Gasteiger partial charge in [0.1, 0.15) is 0 Å². The van der Waals surface area contributed by atoms with Gasteiger partial charge in [-0.25, -0.2) is 4.39 Å². The van der Waals surface area contributed by atoms with Crippen LogP contribution in [0.5, 0.6) is 0 Å². The molecule has 6 heteroatoms. The number of carbonyl (C=O) groups excluding carboxylic acids is 2. The van der Waals surface area contributed by atoms with Crippen molar-refractivity contribution in [3.8, 4) is 6.07 Å². The molecule has 0 aliphatic heterocycles. The molecule has 0 N–H and O–H groups in total. The van der Waals surface area contributed by atoms with E-state index in [1.807, 2.05) is 6.07 Å². The van der Waals surface area contributed by atoms with Crippen LogP contribution in [0.2, 0.25) is 0 Å². The summed E-state index contributed by atoms with van der Waals surface area (Å²) in [6.07, 6.45) is 1.96. The second-order valence-corrected chi connectivity index (χ2v) is 6.30. The van der Waals surface area contributed by atoms with Crippen LogP contribution >= 0.6 is 11.6 Å². The Balaban J connectivity index is 1.99. The Morgan fingerprint density at radius 1 is 1.20 bits per heavy atom. The smallest absolute Gasteiger partial charge is 0.258 e. The molecule has 126 valence electrons. The molecule has 0 spiro atoms. The predicted molar refractivity (Wildman–Crippen MR) is 92.1 cm³/mol. The van der Waals surface area contributed by atoms with Crippen molar-refractivity contribution in [3.05, 3.63) is 65.0 Å². The zero-order valence-corrected chi connectivity index (χ0v) is 14.0. The van der Waals surface area contributed by atoms with E-state index in [0.29, 0.717) is 23.6 Å². The molecule has 1 aliphatic carbocycles. The van der Waals surface area contributed by atoms with Gasteiger partial charge in [0.2, 0.25) is 0 Å². The van der Waals surface area contributed by atoms with Gasteiger partial charge < -0.3 is 4.90 Å². The van der Waals surface area contributed by atoms with Crippen LogP contribution < -0.4 is 4.90 Å². The topological polar surface area (TPSA) is 61.2 Å². The van der Waals surface area contributed by atoms with Gasteiger partial charge in [-0.05, 0) is 66.8 Å². The molecule has 0 saturated heterocycles. The molecule has 0 aromatic heterocycles. The molecule has 1 amide bonds. The van der Waals surface area contributed by atoms with Crippen LogP contribution in [0.15, 0.2) is 42.5 Å². The fourth-order valence-corrected chi connectivity index (χ4v) is 2.72. The summed E-state index contributed by atoms with van der Waals surface area (Å²) in [7, 11) is 0. The maximum atomic E-state index is 14.7. The number of amides is 1. The highest BCUT2D eigenvalue weighted by Crippen LogP contribution is 2.33. The van der Waals surface area contributed by atoms with E-state index < -0.39 is 11.1 Å². The highest BCUT2D eigenvalue weighted by molar-refractivity contribution is 6.67. The van der Waals surface area contributed by atoms with Crippen LogP contribution in [0.4, 0.5) is 10.1 Å². The minimum Gasteiger partial charge on any atom is -0.305 e. The van der Waals surface area contributed by atoms with E-state index in [1.165, 1.54) is 47.4 Å². The number of hydrogen-bond donors (Lipinski definition) is 0. The van der Waals surface area contributed by atoms with Crippen LogP contribution in [0.25, 0.3) is 0 Å². The van der Waals surface area contributed by atoms with E-state index in [9.17, 15) is 14.0 Å². The zero-order chi connectivity index (χ0) is 18.0. The van der Waals surface area contributed by atoms with Crippen molar-refractivity contribution in [2.75, 3.05) is 11.4 Å². The zero-order valence-electron chi connectivity index (χ0n) is 13.2. The lowest BCUT2D eigenvalue weighted by Crippen LogP contribution is -2.34. The largest absolute Gasteiger partial charge is 0.305 e. The molecule has 0 atom stereocenters. The summed E-state index contributed by atoms with van der Waals surface area (Å²) < 4.78 is 14.7. The molecule has 4 nitrogen and oxygen atoms in total.